The van der Waals surface area contributed by atoms with Crippen LogP contribution in [-0.4, -0.2) is 26.6 Å². The lowest BCUT2D eigenvalue weighted by Gasteiger charge is -2.25. The van der Waals surface area contributed by atoms with E-state index in [0.29, 0.717) is 16.6 Å². The average Bonchev–Trinajstić information content (AvgIpc) is 3.34. The summed E-state index contributed by atoms with van der Waals surface area (Å²) >= 11 is 9.53. The van der Waals surface area contributed by atoms with Gasteiger partial charge in [0.05, 0.1) is 16.0 Å². The van der Waals surface area contributed by atoms with Gasteiger partial charge in [-0.2, -0.15) is 0 Å². The maximum atomic E-state index is 12.6. The summed E-state index contributed by atoms with van der Waals surface area (Å²) in [5, 5.41) is 2.05. The largest absolute Gasteiger partial charge is 0.277 e. The van der Waals surface area contributed by atoms with E-state index in [-0.39, 0.29) is 11.3 Å². The molecule has 3 heterocycles. The molecule has 1 aliphatic heterocycles. The Labute approximate surface area is 180 Å². The summed E-state index contributed by atoms with van der Waals surface area (Å²) in [4.78, 5) is 22.5. The molecule has 0 saturated carbocycles. The molecule has 8 heteroatoms. The molecule has 1 unspecified atom stereocenters. The summed E-state index contributed by atoms with van der Waals surface area (Å²) in [6.45, 7) is 0. The second-order valence-electron chi connectivity index (χ2n) is 6.47. The summed E-state index contributed by atoms with van der Waals surface area (Å²) in [6.07, 6.45) is 1.52. The van der Waals surface area contributed by atoms with E-state index in [1.807, 2.05) is 48.5 Å². The SMILES string of the molecule is O=C1CSC(c2ccccc2Cl)N1Nc1ncnc2cc(-c3ccccc3)sc12. The number of benzene rings is 2. The van der Waals surface area contributed by atoms with Crippen molar-refractivity contribution in [3.8, 4) is 10.4 Å². The number of hydrazine groups is 1. The molecule has 1 fully saturated rings. The molecule has 1 saturated heterocycles. The van der Waals surface area contributed by atoms with E-state index in [0.717, 1.165) is 26.2 Å². The topological polar surface area (TPSA) is 58.1 Å². The van der Waals surface area contributed by atoms with E-state index < -0.39 is 0 Å². The molecule has 5 nitrogen and oxygen atoms in total. The molecule has 1 atom stereocenters. The van der Waals surface area contributed by atoms with Gasteiger partial charge in [-0.25, -0.2) is 15.0 Å². The molecule has 5 rings (SSSR count). The van der Waals surface area contributed by atoms with Gasteiger partial charge in [0.25, 0.3) is 5.91 Å². The fourth-order valence-corrected chi connectivity index (χ4v) is 5.75. The van der Waals surface area contributed by atoms with Crippen molar-refractivity contribution in [1.82, 2.24) is 15.0 Å². The van der Waals surface area contributed by atoms with Crippen LogP contribution in [0.2, 0.25) is 5.02 Å². The first-order valence-electron chi connectivity index (χ1n) is 8.95. The molecular weight excluding hydrogens is 424 g/mol. The van der Waals surface area contributed by atoms with Crippen molar-refractivity contribution in [3.63, 3.8) is 0 Å². The monoisotopic (exact) mass is 438 g/mol. The van der Waals surface area contributed by atoms with Gasteiger partial charge in [0.1, 0.15) is 11.7 Å². The number of nitrogens with zero attached hydrogens (tertiary/aromatic N) is 3. The first kappa shape index (κ1) is 18.4. The second kappa shape index (κ2) is 7.67. The van der Waals surface area contributed by atoms with Crippen LogP contribution in [0.15, 0.2) is 67.0 Å². The fraction of sp³-hybridized carbons (Fsp3) is 0.0952. The molecule has 144 valence electrons. The van der Waals surface area contributed by atoms with Crippen LogP contribution in [0.3, 0.4) is 0 Å². The number of aromatic nitrogens is 2. The quantitative estimate of drug-likeness (QED) is 0.448. The highest BCUT2D eigenvalue weighted by Crippen LogP contribution is 2.42. The predicted octanol–water partition coefficient (Wildman–Crippen LogP) is 5.61. The third-order valence-corrected chi connectivity index (χ3v) is 7.35. The van der Waals surface area contributed by atoms with E-state index in [1.165, 1.54) is 6.33 Å². The van der Waals surface area contributed by atoms with Gasteiger partial charge >= 0.3 is 0 Å². The second-order valence-corrected chi connectivity index (χ2v) is 9.00. The zero-order valence-corrected chi connectivity index (χ0v) is 17.5. The Hall–Kier alpha value is -2.61. The standard InChI is InChI=1S/C21H15ClN4OS2/c22-15-9-5-4-8-14(15)21-26(18(27)11-28-21)25-20-19-16(23-12-24-20)10-17(29-19)13-6-2-1-3-7-13/h1-10,12,21H,11H2,(H,23,24,25). The minimum Gasteiger partial charge on any atom is -0.277 e. The van der Waals surface area contributed by atoms with Crippen molar-refractivity contribution in [1.29, 1.82) is 0 Å². The predicted molar refractivity (Wildman–Crippen MR) is 120 cm³/mol. The normalized spacial score (nSPS) is 16.5. The van der Waals surface area contributed by atoms with Gasteiger partial charge in [-0.15, -0.1) is 23.1 Å². The minimum absolute atomic E-state index is 0.00785. The van der Waals surface area contributed by atoms with Crippen LogP contribution in [0.1, 0.15) is 10.9 Å². The Kier molecular flexibility index (Phi) is 4.87. The third-order valence-electron chi connectivity index (χ3n) is 4.64. The highest BCUT2D eigenvalue weighted by atomic mass is 35.5. The molecule has 2 aromatic carbocycles. The third kappa shape index (κ3) is 3.46. The lowest BCUT2D eigenvalue weighted by Crippen LogP contribution is -2.34. The zero-order chi connectivity index (χ0) is 19.8. The summed E-state index contributed by atoms with van der Waals surface area (Å²) in [7, 11) is 0. The van der Waals surface area contributed by atoms with E-state index in [1.54, 1.807) is 28.1 Å². The van der Waals surface area contributed by atoms with Crippen molar-refractivity contribution in [2.24, 2.45) is 0 Å². The van der Waals surface area contributed by atoms with E-state index >= 15 is 0 Å². The van der Waals surface area contributed by atoms with Gasteiger partial charge < -0.3 is 0 Å². The summed E-state index contributed by atoms with van der Waals surface area (Å²) in [5.41, 5.74) is 6.11. The number of thiophene rings is 1. The van der Waals surface area contributed by atoms with Crippen molar-refractivity contribution in [2.45, 2.75) is 5.37 Å². The van der Waals surface area contributed by atoms with Crippen LogP contribution in [0.4, 0.5) is 5.82 Å². The van der Waals surface area contributed by atoms with Crippen LogP contribution < -0.4 is 5.43 Å². The highest BCUT2D eigenvalue weighted by Gasteiger charge is 2.35. The molecule has 4 aromatic rings. The van der Waals surface area contributed by atoms with Gasteiger partial charge in [-0.05, 0) is 17.7 Å². The van der Waals surface area contributed by atoms with E-state index in [2.05, 4.69) is 27.5 Å². The van der Waals surface area contributed by atoms with Crippen LogP contribution in [0, 0.1) is 0 Å². The van der Waals surface area contributed by atoms with Crippen molar-refractivity contribution in [2.75, 3.05) is 11.2 Å². The van der Waals surface area contributed by atoms with Gasteiger partial charge in [0.15, 0.2) is 5.82 Å². The molecular formula is C21H15ClN4OS2. The minimum atomic E-state index is -0.213. The molecule has 2 aromatic heterocycles. The molecule has 29 heavy (non-hydrogen) atoms. The average molecular weight is 439 g/mol. The van der Waals surface area contributed by atoms with Crippen LogP contribution in [0.5, 0.6) is 0 Å². The molecule has 1 aliphatic rings. The number of fused-ring (bicyclic) bond motifs is 1. The Morgan fingerprint density at radius 2 is 1.86 bits per heavy atom. The summed E-state index contributed by atoms with van der Waals surface area (Å²) < 4.78 is 0.911. The number of hydrogen-bond acceptors (Lipinski definition) is 6. The molecule has 0 aliphatic carbocycles. The lowest BCUT2D eigenvalue weighted by molar-refractivity contribution is -0.126. The summed E-state index contributed by atoms with van der Waals surface area (Å²) in [6, 6.07) is 19.8. The Bertz CT molecular complexity index is 1200. The number of halogens is 1. The molecule has 1 N–H and O–H groups in total. The number of nitrogens with one attached hydrogen (secondary N) is 1. The number of amides is 1. The van der Waals surface area contributed by atoms with Crippen molar-refractivity contribution >= 4 is 56.6 Å². The smallest absolute Gasteiger partial charge is 0.252 e. The number of rotatable bonds is 4. The van der Waals surface area contributed by atoms with E-state index in [9.17, 15) is 4.79 Å². The van der Waals surface area contributed by atoms with Crippen molar-refractivity contribution in [3.05, 3.63) is 77.6 Å². The van der Waals surface area contributed by atoms with Crippen LogP contribution >= 0.6 is 34.7 Å². The Morgan fingerprint density at radius 1 is 1.07 bits per heavy atom. The van der Waals surface area contributed by atoms with Gasteiger partial charge in [-0.3, -0.25) is 10.2 Å². The number of anilines is 1. The zero-order valence-electron chi connectivity index (χ0n) is 15.1. The van der Waals surface area contributed by atoms with E-state index in [4.69, 9.17) is 11.6 Å². The maximum Gasteiger partial charge on any atom is 0.252 e. The number of carbonyl (C=O) groups excluding carboxylic acids is 1. The Morgan fingerprint density at radius 3 is 2.69 bits per heavy atom. The molecule has 1 amide bonds. The first-order valence-corrected chi connectivity index (χ1v) is 11.2. The van der Waals surface area contributed by atoms with Gasteiger partial charge in [-0.1, -0.05) is 60.1 Å². The number of carbonyl (C=O) groups is 1. The molecule has 0 bridgehead atoms. The summed E-state index contributed by atoms with van der Waals surface area (Å²) in [5.74, 6) is 0.998. The Balaban J connectivity index is 1.51. The number of thioether (sulfide) groups is 1. The van der Waals surface area contributed by atoms with Crippen LogP contribution in [0.25, 0.3) is 20.7 Å². The maximum absolute atomic E-state index is 12.6. The van der Waals surface area contributed by atoms with Gasteiger partial charge in [0, 0.05) is 15.5 Å². The lowest BCUT2D eigenvalue weighted by atomic mass is 10.2. The number of hydrogen-bond donors (Lipinski definition) is 1. The van der Waals surface area contributed by atoms with Crippen molar-refractivity contribution < 1.29 is 4.79 Å². The molecule has 0 spiro atoms. The van der Waals surface area contributed by atoms with Gasteiger partial charge in [0.2, 0.25) is 0 Å². The molecule has 0 radical (unpaired) electrons. The first-order chi connectivity index (χ1) is 14.2. The fourth-order valence-electron chi connectivity index (χ4n) is 3.24. The highest BCUT2D eigenvalue weighted by molar-refractivity contribution is 8.00. The van der Waals surface area contributed by atoms with Crippen LogP contribution in [-0.2, 0) is 4.79 Å².